The van der Waals surface area contributed by atoms with Crippen LogP contribution in [0.3, 0.4) is 0 Å². The van der Waals surface area contributed by atoms with Crippen molar-refractivity contribution in [2.24, 2.45) is 7.05 Å². The molecule has 4 heteroatoms. The van der Waals surface area contributed by atoms with Crippen molar-refractivity contribution in [1.29, 1.82) is 0 Å². The molecule has 0 unspecified atom stereocenters. The van der Waals surface area contributed by atoms with Gasteiger partial charge in [0.05, 0.1) is 6.33 Å². The zero-order valence-electron chi connectivity index (χ0n) is 8.09. The Morgan fingerprint density at radius 1 is 1.07 bits per heavy atom. The van der Waals surface area contributed by atoms with Crippen molar-refractivity contribution >= 4 is 11.4 Å². The van der Waals surface area contributed by atoms with Crippen LogP contribution < -0.4 is 11.5 Å². The van der Waals surface area contributed by atoms with Gasteiger partial charge in [-0.3, -0.25) is 0 Å². The van der Waals surface area contributed by atoms with Crippen molar-refractivity contribution in [3.63, 3.8) is 0 Å². The highest BCUT2D eigenvalue weighted by molar-refractivity contribution is 5.47. The van der Waals surface area contributed by atoms with E-state index in [0.717, 1.165) is 11.4 Å². The molecule has 4 N–H and O–H groups in total. The second-order valence-corrected chi connectivity index (χ2v) is 2.89. The van der Waals surface area contributed by atoms with Gasteiger partial charge in [0.2, 0.25) is 0 Å². The molecular formula is C10H14N4. The van der Waals surface area contributed by atoms with Gasteiger partial charge < -0.3 is 16.0 Å². The first-order chi connectivity index (χ1) is 6.68. The Hall–Kier alpha value is -1.97. The van der Waals surface area contributed by atoms with Gasteiger partial charge in [0.25, 0.3) is 0 Å². The van der Waals surface area contributed by atoms with E-state index in [4.69, 9.17) is 11.5 Å². The van der Waals surface area contributed by atoms with Crippen molar-refractivity contribution in [3.05, 3.63) is 43.0 Å². The molecule has 0 spiro atoms. The van der Waals surface area contributed by atoms with Crippen LogP contribution in [0.1, 0.15) is 0 Å². The van der Waals surface area contributed by atoms with E-state index < -0.39 is 0 Å². The lowest BCUT2D eigenvalue weighted by Gasteiger charge is -1.90. The maximum absolute atomic E-state index is 5.37. The van der Waals surface area contributed by atoms with E-state index in [1.54, 1.807) is 36.8 Å². The van der Waals surface area contributed by atoms with Gasteiger partial charge >= 0.3 is 0 Å². The van der Waals surface area contributed by atoms with Gasteiger partial charge in [-0.15, -0.1) is 0 Å². The van der Waals surface area contributed by atoms with Crippen molar-refractivity contribution in [2.75, 3.05) is 11.5 Å². The predicted molar refractivity (Wildman–Crippen MR) is 58.5 cm³/mol. The van der Waals surface area contributed by atoms with Gasteiger partial charge in [0.1, 0.15) is 0 Å². The lowest BCUT2D eigenvalue weighted by molar-refractivity contribution is 0.913. The second-order valence-electron chi connectivity index (χ2n) is 2.89. The molecule has 0 amide bonds. The van der Waals surface area contributed by atoms with E-state index >= 15 is 0 Å². The third-order valence-corrected chi connectivity index (χ3v) is 1.57. The quantitative estimate of drug-likeness (QED) is 0.614. The summed E-state index contributed by atoms with van der Waals surface area (Å²) in [6.07, 6.45) is 5.39. The summed E-state index contributed by atoms with van der Waals surface area (Å²) in [5, 5.41) is 0. The molecule has 0 aliphatic carbocycles. The molecule has 1 aromatic carbocycles. The average molecular weight is 190 g/mol. The van der Waals surface area contributed by atoms with Crippen LogP contribution in [-0.2, 0) is 7.05 Å². The Bertz CT molecular complexity index is 329. The van der Waals surface area contributed by atoms with Crippen LogP contribution in [0.15, 0.2) is 43.0 Å². The number of nitrogens with zero attached hydrogens (tertiary/aromatic N) is 2. The molecule has 0 radical (unpaired) electrons. The number of nitrogens with two attached hydrogens (primary N) is 2. The summed E-state index contributed by atoms with van der Waals surface area (Å²) >= 11 is 0. The summed E-state index contributed by atoms with van der Waals surface area (Å²) in [7, 11) is 1.94. The number of hydrogen-bond donors (Lipinski definition) is 2. The predicted octanol–water partition coefficient (Wildman–Crippen LogP) is 1.27. The number of hydrogen-bond acceptors (Lipinski definition) is 3. The molecule has 4 nitrogen and oxygen atoms in total. The Morgan fingerprint density at radius 2 is 1.57 bits per heavy atom. The average Bonchev–Trinajstić information content (AvgIpc) is 2.63. The molecule has 74 valence electrons. The van der Waals surface area contributed by atoms with Gasteiger partial charge in [0.15, 0.2) is 0 Å². The molecule has 0 fully saturated rings. The van der Waals surface area contributed by atoms with Crippen LogP contribution in [0.25, 0.3) is 0 Å². The number of rotatable bonds is 0. The van der Waals surface area contributed by atoms with Crippen LogP contribution in [0.2, 0.25) is 0 Å². The fraction of sp³-hybridized carbons (Fsp3) is 0.100. The van der Waals surface area contributed by atoms with Crippen molar-refractivity contribution < 1.29 is 0 Å². The highest BCUT2D eigenvalue weighted by Gasteiger charge is 1.80. The van der Waals surface area contributed by atoms with E-state index in [2.05, 4.69) is 4.98 Å². The lowest BCUT2D eigenvalue weighted by atomic mass is 10.3. The zero-order valence-corrected chi connectivity index (χ0v) is 8.09. The highest BCUT2D eigenvalue weighted by atomic mass is 15.0. The van der Waals surface area contributed by atoms with E-state index in [9.17, 15) is 0 Å². The molecule has 0 aliphatic heterocycles. The molecule has 14 heavy (non-hydrogen) atoms. The second kappa shape index (κ2) is 4.91. The van der Waals surface area contributed by atoms with E-state index in [1.807, 2.05) is 17.8 Å². The minimum absolute atomic E-state index is 0.749. The minimum Gasteiger partial charge on any atom is -0.399 e. The molecule has 1 aromatic heterocycles. The molecular weight excluding hydrogens is 176 g/mol. The largest absolute Gasteiger partial charge is 0.399 e. The van der Waals surface area contributed by atoms with Gasteiger partial charge in [-0.25, -0.2) is 4.98 Å². The number of aromatic nitrogens is 2. The van der Waals surface area contributed by atoms with Gasteiger partial charge in [-0.2, -0.15) is 0 Å². The first-order valence-electron chi connectivity index (χ1n) is 4.21. The first kappa shape index (κ1) is 10.1. The van der Waals surface area contributed by atoms with E-state index in [0.29, 0.717) is 0 Å². The standard InChI is InChI=1S/C6H8N2.C4H6N2/c7-5-1-2-6(8)4-3-5;1-6-3-2-5-4-6/h1-4H,7-8H2;2-4H,1H3. The molecule has 0 aliphatic rings. The number of benzene rings is 1. The van der Waals surface area contributed by atoms with Crippen molar-refractivity contribution in [2.45, 2.75) is 0 Å². The maximum atomic E-state index is 5.37. The van der Waals surface area contributed by atoms with Crippen LogP contribution in [0.5, 0.6) is 0 Å². The first-order valence-corrected chi connectivity index (χ1v) is 4.21. The van der Waals surface area contributed by atoms with Crippen LogP contribution in [-0.4, -0.2) is 9.55 Å². The van der Waals surface area contributed by atoms with Crippen LogP contribution >= 0.6 is 0 Å². The van der Waals surface area contributed by atoms with E-state index in [-0.39, 0.29) is 0 Å². The Kier molecular flexibility index (Phi) is 3.55. The highest BCUT2D eigenvalue weighted by Crippen LogP contribution is 2.04. The molecule has 2 rings (SSSR count). The number of nitrogen functional groups attached to an aromatic ring is 2. The Labute approximate surface area is 83.2 Å². The third-order valence-electron chi connectivity index (χ3n) is 1.57. The van der Waals surface area contributed by atoms with Crippen molar-refractivity contribution in [3.8, 4) is 0 Å². The summed E-state index contributed by atoms with van der Waals surface area (Å²) in [6.45, 7) is 0. The summed E-state index contributed by atoms with van der Waals surface area (Å²) in [5.74, 6) is 0. The molecule has 1 heterocycles. The zero-order chi connectivity index (χ0) is 10.4. The van der Waals surface area contributed by atoms with Gasteiger partial charge in [0, 0.05) is 30.8 Å². The lowest BCUT2D eigenvalue weighted by Crippen LogP contribution is -1.86. The summed E-state index contributed by atoms with van der Waals surface area (Å²) in [4.78, 5) is 3.78. The Balaban J connectivity index is 0.000000146. The summed E-state index contributed by atoms with van der Waals surface area (Å²) in [6, 6.07) is 7.09. The molecule has 0 saturated carbocycles. The smallest absolute Gasteiger partial charge is 0.0943 e. The van der Waals surface area contributed by atoms with Crippen LogP contribution in [0.4, 0.5) is 11.4 Å². The van der Waals surface area contributed by atoms with Gasteiger partial charge in [-0.05, 0) is 24.3 Å². The molecule has 0 saturated heterocycles. The summed E-state index contributed by atoms with van der Waals surface area (Å²) < 4.78 is 1.89. The van der Waals surface area contributed by atoms with E-state index in [1.165, 1.54) is 0 Å². The SMILES string of the molecule is Cn1ccnc1.Nc1ccc(N)cc1. The topological polar surface area (TPSA) is 69.9 Å². The molecule has 0 bridgehead atoms. The molecule has 0 atom stereocenters. The monoisotopic (exact) mass is 190 g/mol. The van der Waals surface area contributed by atoms with Crippen molar-refractivity contribution in [1.82, 2.24) is 9.55 Å². The maximum Gasteiger partial charge on any atom is 0.0943 e. The fourth-order valence-electron chi connectivity index (χ4n) is 0.822. The van der Waals surface area contributed by atoms with Crippen LogP contribution in [0, 0.1) is 0 Å². The number of aryl methyl sites for hydroxylation is 1. The Morgan fingerprint density at radius 3 is 1.79 bits per heavy atom. The number of anilines is 2. The van der Waals surface area contributed by atoms with Gasteiger partial charge in [-0.1, -0.05) is 0 Å². The third kappa shape index (κ3) is 3.62. The number of imidazole rings is 1. The molecule has 2 aromatic rings. The summed E-state index contributed by atoms with van der Waals surface area (Å²) in [5.41, 5.74) is 12.2. The normalized spacial score (nSPS) is 8.93. The minimum atomic E-state index is 0.749. The fourth-order valence-corrected chi connectivity index (χ4v) is 0.822.